The predicted octanol–water partition coefficient (Wildman–Crippen LogP) is 6.57. The van der Waals surface area contributed by atoms with Gasteiger partial charge >= 0.3 is 0 Å². The van der Waals surface area contributed by atoms with Gasteiger partial charge in [0.05, 0.1) is 0 Å². The van der Waals surface area contributed by atoms with Crippen LogP contribution in [-0.4, -0.2) is 25.0 Å². The Hall–Kier alpha value is -1.60. The summed E-state index contributed by atoms with van der Waals surface area (Å²) in [4.78, 5) is 2.31. The highest BCUT2D eigenvalue weighted by molar-refractivity contribution is 5.32. The van der Waals surface area contributed by atoms with Crippen LogP contribution in [0.15, 0.2) is 36.4 Å². The Morgan fingerprint density at radius 3 is 1.12 bits per heavy atom. The lowest BCUT2D eigenvalue weighted by atomic mass is 10.1. The van der Waals surface area contributed by atoms with Gasteiger partial charge in [-0.2, -0.15) is 0 Å². The first-order valence-corrected chi connectivity index (χ1v) is 9.48. The van der Waals surface area contributed by atoms with E-state index in [-0.39, 0.29) is 0 Å². The fourth-order valence-corrected chi connectivity index (χ4v) is 2.34. The molecule has 1 heteroatoms. The Morgan fingerprint density at radius 1 is 0.640 bits per heavy atom. The summed E-state index contributed by atoms with van der Waals surface area (Å²) in [5.74, 6) is 0. The molecule has 2 rings (SSSR count). The fraction of sp³-hybridized carbons (Fsp3) is 0.500. The van der Waals surface area contributed by atoms with E-state index in [9.17, 15) is 0 Å². The Bertz CT molecular complexity index is 523. The number of nitrogens with zero attached hydrogens (tertiary/aromatic N) is 1. The summed E-state index contributed by atoms with van der Waals surface area (Å²) >= 11 is 0. The van der Waals surface area contributed by atoms with Crippen molar-refractivity contribution >= 4 is 0 Å². The first kappa shape index (κ1) is 23.4. The van der Waals surface area contributed by atoms with Crippen LogP contribution >= 0.6 is 0 Å². The number of hydrogen-bond donors (Lipinski definition) is 0. The number of rotatable bonds is 3. The van der Waals surface area contributed by atoms with E-state index in [0.29, 0.717) is 0 Å². The van der Waals surface area contributed by atoms with Gasteiger partial charge in [-0.1, -0.05) is 50.2 Å². The van der Waals surface area contributed by atoms with E-state index in [0.717, 1.165) is 0 Å². The number of aryl methyl sites for hydroxylation is 4. The zero-order chi connectivity index (χ0) is 19.4. The third-order valence-electron chi connectivity index (χ3n) is 4.90. The molecule has 0 fully saturated rings. The summed E-state index contributed by atoms with van der Waals surface area (Å²) in [6.45, 7) is 19.7. The first-order chi connectivity index (χ1) is 11.7. The van der Waals surface area contributed by atoms with Gasteiger partial charge in [-0.25, -0.2) is 0 Å². The van der Waals surface area contributed by atoms with Crippen molar-refractivity contribution in [3.8, 4) is 0 Å². The monoisotopic (exact) mass is 341 g/mol. The summed E-state index contributed by atoms with van der Waals surface area (Å²) < 4.78 is 0. The summed E-state index contributed by atoms with van der Waals surface area (Å²) in [5.41, 5.74) is 8.37. The standard InChI is InChI=1S/2C9H12.C6H15N/c2*1-7-5-4-6-8(2)9(7)3;1-4-6-7(3)5-2/h2*4-6H,1-3H3;4-6H2,1-3H3. The highest BCUT2D eigenvalue weighted by atomic mass is 15.1. The van der Waals surface area contributed by atoms with Crippen molar-refractivity contribution in [2.45, 2.75) is 61.8 Å². The van der Waals surface area contributed by atoms with Crippen molar-refractivity contribution in [1.29, 1.82) is 0 Å². The molecule has 0 bridgehead atoms. The normalized spacial score (nSPS) is 9.84. The molecule has 0 N–H and O–H groups in total. The van der Waals surface area contributed by atoms with Crippen molar-refractivity contribution in [2.75, 3.05) is 20.1 Å². The van der Waals surface area contributed by atoms with Crippen LogP contribution in [0, 0.1) is 41.5 Å². The van der Waals surface area contributed by atoms with Crippen molar-refractivity contribution in [2.24, 2.45) is 0 Å². The van der Waals surface area contributed by atoms with E-state index < -0.39 is 0 Å². The fourth-order valence-electron chi connectivity index (χ4n) is 2.34. The van der Waals surface area contributed by atoms with Gasteiger partial charge in [0.2, 0.25) is 0 Å². The Kier molecular flexibility index (Phi) is 11.9. The van der Waals surface area contributed by atoms with Crippen LogP contribution in [0.5, 0.6) is 0 Å². The molecule has 0 unspecified atom stereocenters. The van der Waals surface area contributed by atoms with Crippen LogP contribution in [0.25, 0.3) is 0 Å². The minimum atomic E-state index is 1.17. The van der Waals surface area contributed by atoms with Gasteiger partial charge in [-0.05, 0) is 101 Å². The predicted molar refractivity (Wildman–Crippen MR) is 115 cm³/mol. The number of benzene rings is 2. The molecule has 0 radical (unpaired) electrons. The van der Waals surface area contributed by atoms with Crippen LogP contribution in [-0.2, 0) is 0 Å². The van der Waals surface area contributed by atoms with E-state index in [1.165, 1.54) is 52.9 Å². The Morgan fingerprint density at radius 2 is 0.960 bits per heavy atom. The van der Waals surface area contributed by atoms with E-state index in [2.05, 4.69) is 104 Å². The van der Waals surface area contributed by atoms with Gasteiger partial charge in [-0.3, -0.25) is 0 Å². The van der Waals surface area contributed by atoms with Gasteiger partial charge < -0.3 is 4.90 Å². The summed E-state index contributed by atoms with van der Waals surface area (Å²) in [5, 5.41) is 0. The molecule has 0 saturated carbocycles. The van der Waals surface area contributed by atoms with Gasteiger partial charge in [0.15, 0.2) is 0 Å². The van der Waals surface area contributed by atoms with Crippen LogP contribution in [0.1, 0.15) is 53.6 Å². The van der Waals surface area contributed by atoms with Crippen molar-refractivity contribution in [1.82, 2.24) is 4.90 Å². The van der Waals surface area contributed by atoms with Crippen LogP contribution in [0.3, 0.4) is 0 Å². The molecule has 140 valence electrons. The second-order valence-electron chi connectivity index (χ2n) is 6.93. The molecule has 0 atom stereocenters. The largest absolute Gasteiger partial charge is 0.307 e. The highest BCUT2D eigenvalue weighted by Crippen LogP contribution is 2.10. The molecule has 0 aliphatic heterocycles. The maximum atomic E-state index is 2.31. The molecule has 2 aromatic carbocycles. The minimum Gasteiger partial charge on any atom is -0.307 e. The summed E-state index contributed by atoms with van der Waals surface area (Å²) in [6, 6.07) is 12.8. The zero-order valence-corrected chi connectivity index (χ0v) is 18.0. The van der Waals surface area contributed by atoms with Gasteiger partial charge in [0.25, 0.3) is 0 Å². The van der Waals surface area contributed by atoms with Crippen LogP contribution < -0.4 is 0 Å². The molecule has 0 spiro atoms. The maximum Gasteiger partial charge on any atom is -0.00245 e. The lowest BCUT2D eigenvalue weighted by Gasteiger charge is -2.10. The molecular weight excluding hydrogens is 302 g/mol. The van der Waals surface area contributed by atoms with E-state index >= 15 is 0 Å². The third-order valence-corrected chi connectivity index (χ3v) is 4.90. The van der Waals surface area contributed by atoms with E-state index in [1.54, 1.807) is 0 Å². The van der Waals surface area contributed by atoms with Crippen LogP contribution in [0.4, 0.5) is 0 Å². The summed E-state index contributed by atoms with van der Waals surface area (Å²) in [6.07, 6.45) is 1.27. The summed E-state index contributed by atoms with van der Waals surface area (Å²) in [7, 11) is 2.14. The third kappa shape index (κ3) is 9.45. The highest BCUT2D eigenvalue weighted by Gasteiger charge is 1.92. The van der Waals surface area contributed by atoms with E-state index in [4.69, 9.17) is 0 Å². The Labute approximate surface area is 157 Å². The topological polar surface area (TPSA) is 3.24 Å². The maximum absolute atomic E-state index is 2.31. The number of hydrogen-bond acceptors (Lipinski definition) is 1. The zero-order valence-electron chi connectivity index (χ0n) is 18.0. The average Bonchev–Trinajstić information content (AvgIpc) is 2.59. The molecule has 0 heterocycles. The van der Waals surface area contributed by atoms with Crippen molar-refractivity contribution < 1.29 is 0 Å². The molecule has 0 aliphatic rings. The van der Waals surface area contributed by atoms with E-state index in [1.807, 2.05) is 0 Å². The van der Waals surface area contributed by atoms with Gasteiger partial charge in [-0.15, -0.1) is 0 Å². The average molecular weight is 342 g/mol. The quantitative estimate of drug-likeness (QED) is 0.610. The minimum absolute atomic E-state index is 1.17. The van der Waals surface area contributed by atoms with Gasteiger partial charge in [0, 0.05) is 0 Å². The second kappa shape index (κ2) is 12.7. The molecule has 0 saturated heterocycles. The molecule has 25 heavy (non-hydrogen) atoms. The first-order valence-electron chi connectivity index (χ1n) is 9.48. The lowest BCUT2D eigenvalue weighted by molar-refractivity contribution is 0.353. The lowest BCUT2D eigenvalue weighted by Crippen LogP contribution is -2.17. The molecule has 1 nitrogen and oxygen atoms in total. The molecule has 2 aromatic rings. The smallest absolute Gasteiger partial charge is 0.00245 e. The van der Waals surface area contributed by atoms with Gasteiger partial charge in [0.1, 0.15) is 0 Å². The van der Waals surface area contributed by atoms with Crippen LogP contribution in [0.2, 0.25) is 0 Å². The SMILES string of the molecule is CCCN(C)CC.Cc1cccc(C)c1C.Cc1cccc(C)c1C. The molecule has 0 aliphatic carbocycles. The second-order valence-corrected chi connectivity index (χ2v) is 6.93. The molecular formula is C24H39N. The van der Waals surface area contributed by atoms with Crippen molar-refractivity contribution in [3.63, 3.8) is 0 Å². The molecule has 0 amide bonds. The molecule has 0 aromatic heterocycles. The van der Waals surface area contributed by atoms with Crippen molar-refractivity contribution in [3.05, 3.63) is 69.8 Å². The Balaban J connectivity index is 0.000000350.